The largest absolute Gasteiger partial charge is 0.323 e. The van der Waals surface area contributed by atoms with Crippen LogP contribution >= 0.6 is 0 Å². The Balaban J connectivity index is 2.04. The number of carbonyl (C=O) groups excluding carboxylic acids is 1. The highest BCUT2D eigenvalue weighted by atomic mass is 19.2. The summed E-state index contributed by atoms with van der Waals surface area (Å²) >= 11 is 0. The second kappa shape index (κ2) is 6.21. The molecule has 0 saturated heterocycles. The molecule has 8 heteroatoms. The first-order valence-electron chi connectivity index (χ1n) is 5.90. The maximum atomic E-state index is 13.1. The Morgan fingerprint density at radius 2 is 1.95 bits per heavy atom. The minimum atomic E-state index is -1.54. The Hall–Kier alpha value is -2.64. The van der Waals surface area contributed by atoms with Crippen LogP contribution in [0, 0.1) is 17.5 Å². The van der Waals surface area contributed by atoms with E-state index >= 15 is 0 Å². The first kappa shape index (κ1) is 14.8. The predicted molar refractivity (Wildman–Crippen MR) is 68.8 cm³/mol. The molecule has 0 aliphatic rings. The lowest BCUT2D eigenvalue weighted by Crippen LogP contribution is -2.31. The van der Waals surface area contributed by atoms with Crippen molar-refractivity contribution in [2.45, 2.75) is 6.54 Å². The number of benzene rings is 1. The lowest BCUT2D eigenvalue weighted by molar-refractivity contribution is 0.220. The van der Waals surface area contributed by atoms with Gasteiger partial charge in [-0.25, -0.2) is 18.0 Å². The maximum Gasteiger partial charge on any atom is 0.323 e. The predicted octanol–water partition coefficient (Wildman–Crippen LogP) is 2.56. The Kier molecular flexibility index (Phi) is 4.36. The summed E-state index contributed by atoms with van der Waals surface area (Å²) in [5.74, 6) is -3.89. The van der Waals surface area contributed by atoms with E-state index < -0.39 is 23.5 Å². The third-order valence-electron chi connectivity index (χ3n) is 2.62. The summed E-state index contributed by atoms with van der Waals surface area (Å²) in [6.45, 7) is -0.0970. The van der Waals surface area contributed by atoms with Crippen molar-refractivity contribution in [2.75, 3.05) is 12.4 Å². The number of hydrogen-bond donors (Lipinski definition) is 1. The fraction of sp³-hybridized carbons (Fsp3) is 0.154. The van der Waals surface area contributed by atoms with E-state index in [2.05, 4.69) is 15.5 Å². The Labute approximate surface area is 118 Å². The summed E-state index contributed by atoms with van der Waals surface area (Å²) < 4.78 is 39.0. The number of hydrogen-bond acceptors (Lipinski definition) is 3. The van der Waals surface area contributed by atoms with Crippen molar-refractivity contribution < 1.29 is 18.0 Å². The van der Waals surface area contributed by atoms with Crippen LogP contribution in [0.1, 0.15) is 5.56 Å². The number of halogens is 3. The molecule has 2 aromatic rings. The van der Waals surface area contributed by atoms with Crippen molar-refractivity contribution >= 4 is 11.8 Å². The summed E-state index contributed by atoms with van der Waals surface area (Å²) in [4.78, 5) is 13.0. The minimum Gasteiger partial charge on any atom is -0.323 e. The van der Waals surface area contributed by atoms with Crippen LogP contribution in [0.3, 0.4) is 0 Å². The van der Waals surface area contributed by atoms with Gasteiger partial charge in [0.15, 0.2) is 23.3 Å². The second-order valence-electron chi connectivity index (χ2n) is 4.27. The first-order valence-corrected chi connectivity index (χ1v) is 5.90. The van der Waals surface area contributed by atoms with Gasteiger partial charge in [-0.05, 0) is 29.8 Å². The lowest BCUT2D eigenvalue weighted by atomic mass is 10.2. The van der Waals surface area contributed by atoms with Crippen LogP contribution in [0.15, 0.2) is 30.5 Å². The van der Waals surface area contributed by atoms with Crippen LogP contribution in [-0.2, 0) is 6.54 Å². The fourth-order valence-corrected chi connectivity index (χ4v) is 1.62. The highest BCUT2D eigenvalue weighted by Crippen LogP contribution is 2.15. The van der Waals surface area contributed by atoms with Crippen LogP contribution < -0.4 is 5.32 Å². The molecule has 21 heavy (non-hydrogen) atoms. The van der Waals surface area contributed by atoms with Gasteiger partial charge >= 0.3 is 6.03 Å². The van der Waals surface area contributed by atoms with E-state index in [1.165, 1.54) is 24.2 Å². The molecule has 0 fully saturated rings. The topological polar surface area (TPSA) is 58.1 Å². The number of anilines is 1. The van der Waals surface area contributed by atoms with Crippen molar-refractivity contribution in [1.29, 1.82) is 0 Å². The van der Waals surface area contributed by atoms with Crippen LogP contribution in [-0.4, -0.2) is 28.2 Å². The van der Waals surface area contributed by atoms with Gasteiger partial charge in [-0.1, -0.05) is 0 Å². The quantitative estimate of drug-likeness (QED) is 0.886. The molecular weight excluding hydrogens is 285 g/mol. The summed E-state index contributed by atoms with van der Waals surface area (Å²) in [7, 11) is 1.42. The monoisotopic (exact) mass is 296 g/mol. The summed E-state index contributed by atoms with van der Waals surface area (Å²) in [6, 6.07) is 4.26. The number of urea groups is 1. The smallest absolute Gasteiger partial charge is 0.323 e. The molecule has 110 valence electrons. The molecular formula is C13H11F3N4O. The molecule has 0 bridgehead atoms. The molecule has 0 atom stereocenters. The van der Waals surface area contributed by atoms with Crippen LogP contribution in [0.25, 0.3) is 0 Å². The molecule has 0 radical (unpaired) electrons. The first-order chi connectivity index (χ1) is 9.97. The zero-order valence-electron chi connectivity index (χ0n) is 11.0. The van der Waals surface area contributed by atoms with E-state index in [0.717, 1.165) is 12.1 Å². The number of nitrogens with zero attached hydrogens (tertiary/aromatic N) is 3. The van der Waals surface area contributed by atoms with Crippen molar-refractivity contribution in [1.82, 2.24) is 15.1 Å². The average molecular weight is 296 g/mol. The summed E-state index contributed by atoms with van der Waals surface area (Å²) in [5.41, 5.74) is 0.128. The van der Waals surface area contributed by atoms with E-state index in [-0.39, 0.29) is 17.9 Å². The minimum absolute atomic E-state index is 0.0970. The molecule has 2 rings (SSSR count). The van der Waals surface area contributed by atoms with Gasteiger partial charge < -0.3 is 4.90 Å². The number of amides is 2. The lowest BCUT2D eigenvalue weighted by Gasteiger charge is -2.17. The molecule has 0 spiro atoms. The molecule has 1 aromatic heterocycles. The van der Waals surface area contributed by atoms with E-state index in [0.29, 0.717) is 0 Å². The van der Waals surface area contributed by atoms with Gasteiger partial charge in [0.25, 0.3) is 0 Å². The average Bonchev–Trinajstić information content (AvgIpc) is 2.45. The van der Waals surface area contributed by atoms with Crippen molar-refractivity contribution in [3.8, 4) is 0 Å². The van der Waals surface area contributed by atoms with Gasteiger partial charge in [0.1, 0.15) is 0 Å². The Bertz CT molecular complexity index is 628. The number of rotatable bonds is 3. The molecule has 2 amide bonds. The SMILES string of the molecule is CN(Cc1cc(F)c(F)c(F)c1)C(=O)Nc1cccnn1. The van der Waals surface area contributed by atoms with Crippen molar-refractivity contribution in [3.63, 3.8) is 0 Å². The number of aromatic nitrogens is 2. The van der Waals surface area contributed by atoms with Crippen molar-refractivity contribution in [2.24, 2.45) is 0 Å². The third-order valence-corrected chi connectivity index (χ3v) is 2.62. The standard InChI is InChI=1S/C13H11F3N4O/c1-20(13(21)18-11-3-2-4-17-19-11)7-8-5-9(14)12(16)10(15)6-8/h2-6H,7H2,1H3,(H,18,19,21). The summed E-state index contributed by atoms with van der Waals surface area (Å²) in [6.07, 6.45) is 1.45. The highest BCUT2D eigenvalue weighted by molar-refractivity contribution is 5.87. The molecule has 0 aliphatic carbocycles. The molecule has 0 aliphatic heterocycles. The Morgan fingerprint density at radius 1 is 1.29 bits per heavy atom. The van der Waals surface area contributed by atoms with Crippen molar-refractivity contribution in [3.05, 3.63) is 53.5 Å². The molecule has 0 saturated carbocycles. The van der Waals surface area contributed by atoms with E-state index in [1.54, 1.807) is 6.07 Å². The van der Waals surface area contributed by atoms with Crippen LogP contribution in [0.2, 0.25) is 0 Å². The van der Waals surface area contributed by atoms with E-state index in [9.17, 15) is 18.0 Å². The zero-order chi connectivity index (χ0) is 15.4. The molecule has 1 heterocycles. The van der Waals surface area contributed by atoms with Gasteiger partial charge in [-0.2, -0.15) is 5.10 Å². The third kappa shape index (κ3) is 3.68. The molecule has 5 nitrogen and oxygen atoms in total. The highest BCUT2D eigenvalue weighted by Gasteiger charge is 2.14. The summed E-state index contributed by atoms with van der Waals surface area (Å²) in [5, 5.41) is 9.71. The Morgan fingerprint density at radius 3 is 2.52 bits per heavy atom. The molecule has 0 unspecified atom stereocenters. The zero-order valence-corrected chi connectivity index (χ0v) is 11.0. The fourth-order valence-electron chi connectivity index (χ4n) is 1.62. The van der Waals surface area contributed by atoms with Gasteiger partial charge in [0.05, 0.1) is 0 Å². The van der Waals surface area contributed by atoms with Gasteiger partial charge in [0, 0.05) is 19.8 Å². The van der Waals surface area contributed by atoms with Crippen LogP contribution in [0.4, 0.5) is 23.8 Å². The number of carbonyl (C=O) groups is 1. The second-order valence-corrected chi connectivity index (χ2v) is 4.27. The molecule has 1 aromatic carbocycles. The van der Waals surface area contributed by atoms with Gasteiger partial charge in [-0.3, -0.25) is 5.32 Å². The van der Waals surface area contributed by atoms with Crippen LogP contribution in [0.5, 0.6) is 0 Å². The van der Waals surface area contributed by atoms with Gasteiger partial charge in [0.2, 0.25) is 0 Å². The normalized spacial score (nSPS) is 10.3. The number of nitrogens with one attached hydrogen (secondary N) is 1. The maximum absolute atomic E-state index is 13.1. The van der Waals surface area contributed by atoms with Gasteiger partial charge in [-0.15, -0.1) is 5.10 Å². The van der Waals surface area contributed by atoms with E-state index in [4.69, 9.17) is 0 Å². The molecule has 1 N–H and O–H groups in total. The van der Waals surface area contributed by atoms with E-state index in [1.807, 2.05) is 0 Å².